The van der Waals surface area contributed by atoms with Crippen LogP contribution in [0.5, 0.6) is 0 Å². The van der Waals surface area contributed by atoms with E-state index >= 15 is 0 Å². The van der Waals surface area contributed by atoms with Gasteiger partial charge >= 0.3 is 11.4 Å². The number of benzene rings is 1. The van der Waals surface area contributed by atoms with Gasteiger partial charge in [0.05, 0.1) is 14.9 Å². The molecule has 0 heterocycles. The Morgan fingerprint density at radius 1 is 1.21 bits per heavy atom. The Kier molecular flexibility index (Phi) is 4.66. The number of halogens is 1. The molecule has 0 bridgehead atoms. The summed E-state index contributed by atoms with van der Waals surface area (Å²) in [5.41, 5.74) is -0.394. The predicted octanol–water partition coefficient (Wildman–Crippen LogP) is 3.31. The van der Waals surface area contributed by atoms with Crippen LogP contribution in [-0.2, 0) is 0 Å². The van der Waals surface area contributed by atoms with Crippen molar-refractivity contribution < 1.29 is 9.85 Å². The lowest BCUT2D eigenvalue weighted by molar-refractivity contribution is -0.393. The summed E-state index contributed by atoms with van der Waals surface area (Å²) in [6.07, 6.45) is 0. The summed E-state index contributed by atoms with van der Waals surface area (Å²) in [6.45, 7) is 5.90. The molecular weight excluding hydrogens is 274 g/mol. The van der Waals surface area contributed by atoms with Crippen molar-refractivity contribution in [2.45, 2.75) is 20.8 Å². The van der Waals surface area contributed by atoms with Crippen LogP contribution >= 0.6 is 11.6 Å². The Hall–Kier alpha value is -1.89. The summed E-state index contributed by atoms with van der Waals surface area (Å²) in [7, 11) is 0. The first-order valence-corrected chi connectivity index (χ1v) is 6.09. The van der Waals surface area contributed by atoms with Crippen LogP contribution in [0.25, 0.3) is 0 Å². The van der Waals surface area contributed by atoms with Crippen LogP contribution in [0.15, 0.2) is 6.07 Å². The molecule has 0 aliphatic heterocycles. The maximum atomic E-state index is 11.2. The maximum Gasteiger partial charge on any atom is 0.304 e. The zero-order valence-corrected chi connectivity index (χ0v) is 11.6. The van der Waals surface area contributed by atoms with E-state index in [1.807, 2.05) is 0 Å². The maximum absolute atomic E-state index is 11.2. The molecule has 0 atom stereocenters. The molecule has 0 amide bonds. The summed E-state index contributed by atoms with van der Waals surface area (Å²) >= 11 is 5.84. The molecule has 1 rings (SSSR count). The smallest absolute Gasteiger partial charge is 0.304 e. The predicted molar refractivity (Wildman–Crippen MR) is 73.1 cm³/mol. The standard InChI is InChI=1S/C11H14ClN3O4/c1-4-13(5-2)11-9(14(16)17)6-8(12)7(3)10(11)15(18)19/h6H,4-5H2,1-3H3. The fourth-order valence-corrected chi connectivity index (χ4v) is 2.12. The van der Waals surface area contributed by atoms with E-state index in [0.717, 1.165) is 6.07 Å². The number of nitrogens with zero attached hydrogens (tertiary/aromatic N) is 3. The van der Waals surface area contributed by atoms with Gasteiger partial charge in [-0.25, -0.2) is 0 Å². The molecule has 0 aliphatic carbocycles. The van der Waals surface area contributed by atoms with E-state index in [1.54, 1.807) is 18.7 Å². The van der Waals surface area contributed by atoms with Gasteiger partial charge in [0, 0.05) is 24.7 Å². The van der Waals surface area contributed by atoms with E-state index in [1.165, 1.54) is 6.92 Å². The normalized spacial score (nSPS) is 10.3. The van der Waals surface area contributed by atoms with Gasteiger partial charge in [-0.1, -0.05) is 11.6 Å². The van der Waals surface area contributed by atoms with E-state index < -0.39 is 9.85 Å². The molecule has 0 saturated carbocycles. The van der Waals surface area contributed by atoms with E-state index in [-0.39, 0.29) is 27.6 Å². The van der Waals surface area contributed by atoms with Crippen LogP contribution in [0.2, 0.25) is 5.02 Å². The minimum Gasteiger partial charge on any atom is -0.361 e. The van der Waals surface area contributed by atoms with E-state index in [0.29, 0.717) is 13.1 Å². The summed E-state index contributed by atoms with van der Waals surface area (Å²) in [4.78, 5) is 22.6. The zero-order valence-electron chi connectivity index (χ0n) is 10.8. The Morgan fingerprint density at radius 2 is 1.74 bits per heavy atom. The lowest BCUT2D eigenvalue weighted by atomic mass is 10.1. The van der Waals surface area contributed by atoms with Crippen molar-refractivity contribution in [2.75, 3.05) is 18.0 Å². The van der Waals surface area contributed by atoms with E-state index in [4.69, 9.17) is 11.6 Å². The Bertz CT molecular complexity index is 529. The zero-order chi connectivity index (χ0) is 14.7. The van der Waals surface area contributed by atoms with Crippen molar-refractivity contribution in [3.63, 3.8) is 0 Å². The number of rotatable bonds is 5. The van der Waals surface area contributed by atoms with Crippen LogP contribution in [0, 0.1) is 27.2 Å². The van der Waals surface area contributed by atoms with Gasteiger partial charge in [-0.2, -0.15) is 0 Å². The largest absolute Gasteiger partial charge is 0.361 e. The summed E-state index contributed by atoms with van der Waals surface area (Å²) < 4.78 is 0. The lowest BCUT2D eigenvalue weighted by Gasteiger charge is -2.21. The van der Waals surface area contributed by atoms with Crippen molar-refractivity contribution in [1.82, 2.24) is 0 Å². The fraction of sp³-hybridized carbons (Fsp3) is 0.455. The SMILES string of the molecule is CCN(CC)c1c([N+](=O)[O-])cc(Cl)c(C)c1[N+](=O)[O-]. The first-order chi connectivity index (χ1) is 8.84. The Balaban J connectivity index is 3.75. The van der Waals surface area contributed by atoms with Crippen LogP contribution < -0.4 is 4.90 Å². The molecule has 0 aromatic heterocycles. The molecule has 1 aromatic carbocycles. The molecule has 0 N–H and O–H groups in total. The first-order valence-electron chi connectivity index (χ1n) is 5.71. The third-order valence-corrected chi connectivity index (χ3v) is 3.30. The van der Waals surface area contributed by atoms with Gasteiger partial charge in [0.2, 0.25) is 0 Å². The van der Waals surface area contributed by atoms with Gasteiger partial charge in [0.1, 0.15) is 0 Å². The highest BCUT2D eigenvalue weighted by Gasteiger charge is 2.32. The summed E-state index contributed by atoms with van der Waals surface area (Å²) in [5.74, 6) is 0. The number of nitro benzene ring substituents is 2. The number of anilines is 1. The van der Waals surface area contributed by atoms with Gasteiger partial charge in [-0.3, -0.25) is 20.2 Å². The topological polar surface area (TPSA) is 89.5 Å². The number of hydrogen-bond donors (Lipinski definition) is 0. The molecule has 0 aliphatic rings. The van der Waals surface area contributed by atoms with E-state index in [9.17, 15) is 20.2 Å². The molecule has 19 heavy (non-hydrogen) atoms. The van der Waals surface area contributed by atoms with Gasteiger partial charge in [-0.05, 0) is 20.8 Å². The van der Waals surface area contributed by atoms with Crippen molar-refractivity contribution >= 4 is 28.7 Å². The fourth-order valence-electron chi connectivity index (χ4n) is 1.92. The minimum absolute atomic E-state index is 0.0156. The monoisotopic (exact) mass is 287 g/mol. The summed E-state index contributed by atoms with van der Waals surface area (Å²) in [6, 6.07) is 1.16. The first kappa shape index (κ1) is 15.2. The molecule has 0 radical (unpaired) electrons. The summed E-state index contributed by atoms with van der Waals surface area (Å²) in [5, 5.41) is 22.3. The molecule has 0 fully saturated rings. The molecule has 8 heteroatoms. The van der Waals surface area contributed by atoms with Crippen LogP contribution in [0.1, 0.15) is 19.4 Å². The average Bonchev–Trinajstić information content (AvgIpc) is 2.33. The number of hydrogen-bond acceptors (Lipinski definition) is 5. The van der Waals surface area contributed by atoms with E-state index in [2.05, 4.69) is 0 Å². The minimum atomic E-state index is -0.647. The van der Waals surface area contributed by atoms with Crippen LogP contribution in [0.3, 0.4) is 0 Å². The third kappa shape index (κ3) is 2.76. The van der Waals surface area contributed by atoms with Gasteiger partial charge in [0.25, 0.3) is 0 Å². The highest BCUT2D eigenvalue weighted by Crippen LogP contribution is 2.43. The van der Waals surface area contributed by atoms with Gasteiger partial charge < -0.3 is 4.90 Å². The highest BCUT2D eigenvalue weighted by atomic mass is 35.5. The molecule has 104 valence electrons. The second-order valence-electron chi connectivity index (χ2n) is 3.89. The number of nitro groups is 2. The van der Waals surface area contributed by atoms with Crippen LogP contribution in [0.4, 0.5) is 17.1 Å². The Morgan fingerprint density at radius 3 is 2.11 bits per heavy atom. The third-order valence-electron chi connectivity index (χ3n) is 2.90. The molecule has 1 aromatic rings. The van der Waals surface area contributed by atoms with Crippen molar-refractivity contribution in [1.29, 1.82) is 0 Å². The quantitative estimate of drug-likeness (QED) is 0.612. The van der Waals surface area contributed by atoms with Gasteiger partial charge in [-0.15, -0.1) is 0 Å². The van der Waals surface area contributed by atoms with Crippen LogP contribution in [-0.4, -0.2) is 22.9 Å². The second-order valence-corrected chi connectivity index (χ2v) is 4.29. The Labute approximate surface area is 115 Å². The molecular formula is C11H14ClN3O4. The lowest BCUT2D eigenvalue weighted by Crippen LogP contribution is -2.24. The van der Waals surface area contributed by atoms with Crippen molar-refractivity contribution in [3.8, 4) is 0 Å². The second kappa shape index (κ2) is 5.83. The van der Waals surface area contributed by atoms with Crippen molar-refractivity contribution in [3.05, 3.63) is 36.9 Å². The average molecular weight is 288 g/mol. The molecule has 7 nitrogen and oxygen atoms in total. The molecule has 0 unspecified atom stereocenters. The highest BCUT2D eigenvalue weighted by molar-refractivity contribution is 6.32. The van der Waals surface area contributed by atoms with Gasteiger partial charge in [0.15, 0.2) is 5.69 Å². The molecule has 0 spiro atoms. The molecule has 0 saturated heterocycles. The van der Waals surface area contributed by atoms with Crippen molar-refractivity contribution in [2.24, 2.45) is 0 Å².